The summed E-state index contributed by atoms with van der Waals surface area (Å²) in [5, 5.41) is 3.50. The van der Waals surface area contributed by atoms with Crippen LogP contribution in [0.2, 0.25) is 4.34 Å². The lowest BCUT2D eigenvalue weighted by Crippen LogP contribution is -2.22. The molecule has 1 aliphatic heterocycles. The molecule has 0 amide bonds. The molecule has 1 atom stereocenters. The highest BCUT2D eigenvalue weighted by atomic mass is 79.9. The van der Waals surface area contributed by atoms with Gasteiger partial charge in [0.1, 0.15) is 13.2 Å². The van der Waals surface area contributed by atoms with Crippen LogP contribution in [0.1, 0.15) is 23.4 Å². The number of fused-ring (bicyclic) bond motifs is 1. The molecule has 1 unspecified atom stereocenters. The Kier molecular flexibility index (Phi) is 4.74. The van der Waals surface area contributed by atoms with Gasteiger partial charge in [0.2, 0.25) is 0 Å². The molecular formula is C15H15BrClNO2S. The van der Waals surface area contributed by atoms with Crippen molar-refractivity contribution in [3.05, 3.63) is 43.5 Å². The lowest BCUT2D eigenvalue weighted by Gasteiger charge is -2.23. The van der Waals surface area contributed by atoms with E-state index in [2.05, 4.69) is 34.2 Å². The number of nitrogens with one attached hydrogen (secondary N) is 1. The van der Waals surface area contributed by atoms with Gasteiger partial charge in [-0.1, -0.05) is 34.5 Å². The molecule has 1 aromatic carbocycles. The quantitative estimate of drug-likeness (QED) is 0.828. The van der Waals surface area contributed by atoms with Crippen LogP contribution >= 0.6 is 38.9 Å². The molecule has 6 heteroatoms. The number of ether oxygens (including phenoxy) is 2. The minimum Gasteiger partial charge on any atom is -0.486 e. The number of thiophene rings is 1. The number of benzene rings is 1. The fraction of sp³-hybridized carbons (Fsp3) is 0.333. The van der Waals surface area contributed by atoms with E-state index in [0.29, 0.717) is 13.2 Å². The number of hydrogen-bond acceptors (Lipinski definition) is 4. The SMILES string of the molecule is CCNC(c1ccc(Cl)s1)c1cc2c(cc1Br)OCCO2. The molecule has 2 heterocycles. The van der Waals surface area contributed by atoms with Gasteiger partial charge in [-0.05, 0) is 36.4 Å². The third kappa shape index (κ3) is 3.21. The Morgan fingerprint density at radius 1 is 1.29 bits per heavy atom. The molecule has 21 heavy (non-hydrogen) atoms. The lowest BCUT2D eigenvalue weighted by atomic mass is 10.0. The molecule has 3 rings (SSSR count). The minimum absolute atomic E-state index is 0.0812. The summed E-state index contributed by atoms with van der Waals surface area (Å²) in [6.45, 7) is 4.13. The topological polar surface area (TPSA) is 30.5 Å². The van der Waals surface area contributed by atoms with Gasteiger partial charge < -0.3 is 14.8 Å². The van der Waals surface area contributed by atoms with Crippen molar-refractivity contribution in [1.82, 2.24) is 5.32 Å². The van der Waals surface area contributed by atoms with Crippen LogP contribution in [0.15, 0.2) is 28.7 Å². The Labute approximate surface area is 141 Å². The van der Waals surface area contributed by atoms with Gasteiger partial charge in [-0.2, -0.15) is 0 Å². The average Bonchev–Trinajstić information content (AvgIpc) is 2.91. The molecule has 0 saturated heterocycles. The maximum atomic E-state index is 6.08. The van der Waals surface area contributed by atoms with Crippen molar-refractivity contribution in [2.24, 2.45) is 0 Å². The largest absolute Gasteiger partial charge is 0.486 e. The first kappa shape index (κ1) is 15.2. The molecular weight excluding hydrogens is 374 g/mol. The van der Waals surface area contributed by atoms with Crippen molar-refractivity contribution in [2.75, 3.05) is 19.8 Å². The molecule has 0 saturated carbocycles. The predicted molar refractivity (Wildman–Crippen MR) is 90.0 cm³/mol. The Morgan fingerprint density at radius 2 is 2.00 bits per heavy atom. The predicted octanol–water partition coefficient (Wildman–Crippen LogP) is 4.63. The van der Waals surface area contributed by atoms with Crippen LogP contribution in [-0.2, 0) is 0 Å². The van der Waals surface area contributed by atoms with Crippen LogP contribution < -0.4 is 14.8 Å². The molecule has 1 N–H and O–H groups in total. The Balaban J connectivity index is 2.02. The normalized spacial score (nSPS) is 15.0. The van der Waals surface area contributed by atoms with Crippen LogP contribution in [0.3, 0.4) is 0 Å². The highest BCUT2D eigenvalue weighted by molar-refractivity contribution is 9.10. The van der Waals surface area contributed by atoms with Gasteiger partial charge in [-0.15, -0.1) is 11.3 Å². The van der Waals surface area contributed by atoms with Crippen LogP contribution in [0.5, 0.6) is 11.5 Å². The van der Waals surface area contributed by atoms with Gasteiger partial charge >= 0.3 is 0 Å². The number of hydrogen-bond donors (Lipinski definition) is 1. The van der Waals surface area contributed by atoms with E-state index in [1.807, 2.05) is 18.2 Å². The van der Waals surface area contributed by atoms with Crippen LogP contribution in [-0.4, -0.2) is 19.8 Å². The van der Waals surface area contributed by atoms with Crippen LogP contribution in [0.4, 0.5) is 0 Å². The van der Waals surface area contributed by atoms with E-state index in [1.165, 1.54) is 4.88 Å². The van der Waals surface area contributed by atoms with Crippen molar-refractivity contribution in [1.29, 1.82) is 0 Å². The highest BCUT2D eigenvalue weighted by Crippen LogP contribution is 2.41. The third-order valence-corrected chi connectivity index (χ3v) is 5.24. The number of halogens is 2. The molecule has 3 nitrogen and oxygen atoms in total. The highest BCUT2D eigenvalue weighted by Gasteiger charge is 2.22. The standard InChI is InChI=1S/C15H15BrClNO2S/c1-2-18-15(13-3-4-14(17)21-13)9-7-11-12(8-10(9)16)20-6-5-19-11/h3-4,7-8,15,18H,2,5-6H2,1H3. The van der Waals surface area contributed by atoms with Crippen molar-refractivity contribution >= 4 is 38.9 Å². The van der Waals surface area contributed by atoms with Gasteiger partial charge in [0, 0.05) is 9.35 Å². The van der Waals surface area contributed by atoms with Crippen molar-refractivity contribution in [3.63, 3.8) is 0 Å². The first-order chi connectivity index (χ1) is 10.2. The zero-order chi connectivity index (χ0) is 14.8. The van der Waals surface area contributed by atoms with E-state index in [4.69, 9.17) is 21.1 Å². The summed E-state index contributed by atoms with van der Waals surface area (Å²) in [5.74, 6) is 1.58. The summed E-state index contributed by atoms with van der Waals surface area (Å²) < 4.78 is 13.1. The zero-order valence-electron chi connectivity index (χ0n) is 11.5. The second kappa shape index (κ2) is 6.57. The summed E-state index contributed by atoms with van der Waals surface area (Å²) in [6.07, 6.45) is 0. The van der Waals surface area contributed by atoms with E-state index in [9.17, 15) is 0 Å². The van der Waals surface area contributed by atoms with Gasteiger partial charge in [0.05, 0.1) is 10.4 Å². The Morgan fingerprint density at radius 3 is 2.62 bits per heavy atom. The maximum absolute atomic E-state index is 6.08. The summed E-state index contributed by atoms with van der Waals surface area (Å²) >= 11 is 11.3. The Bertz CT molecular complexity index is 647. The van der Waals surface area contributed by atoms with Crippen LogP contribution in [0.25, 0.3) is 0 Å². The summed E-state index contributed by atoms with van der Waals surface area (Å²) in [7, 11) is 0. The lowest BCUT2D eigenvalue weighted by molar-refractivity contribution is 0.171. The van der Waals surface area contributed by atoms with E-state index in [-0.39, 0.29) is 6.04 Å². The van der Waals surface area contributed by atoms with E-state index in [0.717, 1.165) is 32.4 Å². The second-order valence-corrected chi connectivity index (χ2v) is 7.25. The molecule has 2 aromatic rings. The van der Waals surface area contributed by atoms with E-state index >= 15 is 0 Å². The Hall–Kier alpha value is -0.750. The fourth-order valence-electron chi connectivity index (χ4n) is 2.35. The zero-order valence-corrected chi connectivity index (χ0v) is 14.6. The molecule has 1 aromatic heterocycles. The minimum atomic E-state index is 0.0812. The molecule has 0 radical (unpaired) electrons. The smallest absolute Gasteiger partial charge is 0.162 e. The third-order valence-electron chi connectivity index (χ3n) is 3.26. The van der Waals surface area contributed by atoms with Gasteiger partial charge in [0.15, 0.2) is 11.5 Å². The monoisotopic (exact) mass is 387 g/mol. The van der Waals surface area contributed by atoms with Crippen molar-refractivity contribution in [2.45, 2.75) is 13.0 Å². The van der Waals surface area contributed by atoms with Gasteiger partial charge in [0.25, 0.3) is 0 Å². The molecule has 1 aliphatic rings. The van der Waals surface area contributed by atoms with Gasteiger partial charge in [-0.3, -0.25) is 0 Å². The van der Waals surface area contributed by atoms with Crippen LogP contribution in [0, 0.1) is 0 Å². The molecule has 0 bridgehead atoms. The van der Waals surface area contributed by atoms with E-state index < -0.39 is 0 Å². The fourth-order valence-corrected chi connectivity index (χ4v) is 4.06. The van der Waals surface area contributed by atoms with Gasteiger partial charge in [-0.25, -0.2) is 0 Å². The summed E-state index contributed by atoms with van der Waals surface area (Å²) in [5.41, 5.74) is 1.12. The molecule has 0 aliphatic carbocycles. The summed E-state index contributed by atoms with van der Waals surface area (Å²) in [6, 6.07) is 8.09. The average molecular weight is 389 g/mol. The second-order valence-electron chi connectivity index (χ2n) is 4.65. The number of rotatable bonds is 4. The molecule has 112 valence electrons. The first-order valence-electron chi connectivity index (χ1n) is 6.76. The molecule has 0 fully saturated rings. The van der Waals surface area contributed by atoms with Crippen molar-refractivity contribution < 1.29 is 9.47 Å². The molecule has 0 spiro atoms. The maximum Gasteiger partial charge on any atom is 0.162 e. The van der Waals surface area contributed by atoms with E-state index in [1.54, 1.807) is 11.3 Å². The summed E-state index contributed by atoms with van der Waals surface area (Å²) in [4.78, 5) is 1.18. The van der Waals surface area contributed by atoms with Crippen molar-refractivity contribution in [3.8, 4) is 11.5 Å². The first-order valence-corrected chi connectivity index (χ1v) is 8.75.